The highest BCUT2D eigenvalue weighted by Crippen LogP contribution is 2.14. The van der Waals surface area contributed by atoms with Crippen LogP contribution in [0.15, 0.2) is 60.7 Å². The molecule has 26 heavy (non-hydrogen) atoms. The Morgan fingerprint density at radius 3 is 1.69 bits per heavy atom. The molecule has 0 aromatic heterocycles. The average molecular weight is 360 g/mol. The van der Waals surface area contributed by atoms with Gasteiger partial charge in [0.2, 0.25) is 0 Å². The minimum Gasteiger partial charge on any atom is -0.478 e. The summed E-state index contributed by atoms with van der Waals surface area (Å²) in [4.78, 5) is 44.8. The third-order valence-corrected chi connectivity index (χ3v) is 3.16. The molecule has 0 saturated heterocycles. The normalized spacial score (nSPS) is 12.7. The standard InChI is InChI=1S/C18H16O8/c1-23-26-18(25-17(22)13-10-6-3-7-11-13)14(15(19)20)24-16(21)12-8-4-2-5-9-12/h2-11,14,18H,1H3,(H,19,20)/t14-,18-/m0/s1. The highest BCUT2D eigenvalue weighted by atomic mass is 17.2. The van der Waals surface area contributed by atoms with Crippen LogP contribution in [-0.4, -0.2) is 42.5 Å². The highest BCUT2D eigenvalue weighted by molar-refractivity contribution is 5.92. The number of esters is 2. The third kappa shape index (κ3) is 5.13. The Morgan fingerprint density at radius 2 is 1.27 bits per heavy atom. The second kappa shape index (κ2) is 9.30. The maximum atomic E-state index is 12.1. The van der Waals surface area contributed by atoms with Crippen LogP contribution < -0.4 is 0 Å². The van der Waals surface area contributed by atoms with E-state index < -0.39 is 30.3 Å². The zero-order valence-electron chi connectivity index (χ0n) is 13.7. The smallest absolute Gasteiger partial charge is 0.351 e. The van der Waals surface area contributed by atoms with Crippen LogP contribution in [0.2, 0.25) is 0 Å². The summed E-state index contributed by atoms with van der Waals surface area (Å²) < 4.78 is 9.92. The summed E-state index contributed by atoms with van der Waals surface area (Å²) in [5.41, 5.74) is 0.292. The van der Waals surface area contributed by atoms with Gasteiger partial charge in [0.05, 0.1) is 18.2 Å². The van der Waals surface area contributed by atoms with Crippen LogP contribution in [0.25, 0.3) is 0 Å². The van der Waals surface area contributed by atoms with Crippen molar-refractivity contribution in [2.75, 3.05) is 7.11 Å². The molecule has 0 unspecified atom stereocenters. The van der Waals surface area contributed by atoms with Crippen molar-refractivity contribution in [1.82, 2.24) is 0 Å². The van der Waals surface area contributed by atoms with Gasteiger partial charge in [-0.1, -0.05) is 36.4 Å². The number of carboxylic acid groups (broad SMARTS) is 1. The minimum atomic E-state index is -1.93. The van der Waals surface area contributed by atoms with E-state index in [2.05, 4.69) is 4.89 Å². The van der Waals surface area contributed by atoms with Gasteiger partial charge >= 0.3 is 17.9 Å². The quantitative estimate of drug-likeness (QED) is 0.330. The topological polar surface area (TPSA) is 108 Å². The zero-order valence-corrected chi connectivity index (χ0v) is 13.7. The van der Waals surface area contributed by atoms with Crippen LogP contribution in [0.3, 0.4) is 0 Å². The molecular formula is C18H16O8. The molecule has 2 aromatic carbocycles. The van der Waals surface area contributed by atoms with Gasteiger partial charge < -0.3 is 14.6 Å². The van der Waals surface area contributed by atoms with Crippen molar-refractivity contribution in [1.29, 1.82) is 0 Å². The van der Waals surface area contributed by atoms with Crippen molar-refractivity contribution in [2.24, 2.45) is 0 Å². The number of carboxylic acids is 1. The number of benzene rings is 2. The molecule has 0 amide bonds. The molecule has 0 aliphatic rings. The number of carbonyl (C=O) groups excluding carboxylic acids is 2. The van der Waals surface area contributed by atoms with Gasteiger partial charge in [0.15, 0.2) is 0 Å². The van der Waals surface area contributed by atoms with Gasteiger partial charge in [-0.2, -0.15) is 4.89 Å². The zero-order chi connectivity index (χ0) is 18.9. The summed E-state index contributed by atoms with van der Waals surface area (Å²) in [5.74, 6) is -3.36. The van der Waals surface area contributed by atoms with Crippen LogP contribution in [0, 0.1) is 0 Å². The van der Waals surface area contributed by atoms with Crippen LogP contribution in [0.1, 0.15) is 20.7 Å². The summed E-state index contributed by atoms with van der Waals surface area (Å²) in [6.45, 7) is 0. The first-order valence-electron chi connectivity index (χ1n) is 7.47. The highest BCUT2D eigenvalue weighted by Gasteiger charge is 2.37. The number of ether oxygens (including phenoxy) is 2. The van der Waals surface area contributed by atoms with E-state index in [1.165, 1.54) is 24.3 Å². The molecule has 0 fully saturated rings. The van der Waals surface area contributed by atoms with E-state index in [1.807, 2.05) is 0 Å². The summed E-state index contributed by atoms with van der Waals surface area (Å²) in [6.07, 6.45) is -3.74. The molecule has 1 N–H and O–H groups in total. The lowest BCUT2D eigenvalue weighted by atomic mass is 10.2. The fourth-order valence-corrected chi connectivity index (χ4v) is 1.95. The van der Waals surface area contributed by atoms with Crippen LogP contribution in [-0.2, 0) is 24.0 Å². The molecule has 0 saturated carbocycles. The minimum absolute atomic E-state index is 0.129. The second-order valence-corrected chi connectivity index (χ2v) is 4.93. The first-order valence-corrected chi connectivity index (χ1v) is 7.47. The predicted octanol–water partition coefficient (Wildman–Crippen LogP) is 2.06. The Morgan fingerprint density at radius 1 is 0.808 bits per heavy atom. The van der Waals surface area contributed by atoms with E-state index in [1.54, 1.807) is 36.4 Å². The Balaban J connectivity index is 2.16. The average Bonchev–Trinajstić information content (AvgIpc) is 2.66. The fraction of sp³-hybridized carbons (Fsp3) is 0.167. The van der Waals surface area contributed by atoms with E-state index in [0.717, 1.165) is 7.11 Å². The number of carbonyl (C=O) groups is 3. The van der Waals surface area contributed by atoms with E-state index in [0.29, 0.717) is 0 Å². The van der Waals surface area contributed by atoms with Crippen LogP contribution in [0.5, 0.6) is 0 Å². The Hall–Kier alpha value is -3.23. The second-order valence-electron chi connectivity index (χ2n) is 4.93. The van der Waals surface area contributed by atoms with Crippen molar-refractivity contribution >= 4 is 17.9 Å². The van der Waals surface area contributed by atoms with Crippen molar-refractivity contribution in [3.63, 3.8) is 0 Å². The summed E-state index contributed by atoms with van der Waals surface area (Å²) in [6, 6.07) is 15.6. The van der Waals surface area contributed by atoms with Crippen LogP contribution >= 0.6 is 0 Å². The Labute approximate surface area is 148 Å². The van der Waals surface area contributed by atoms with Crippen molar-refractivity contribution in [3.05, 3.63) is 71.8 Å². The van der Waals surface area contributed by atoms with Gasteiger partial charge in [-0.25, -0.2) is 19.3 Å². The lowest BCUT2D eigenvalue weighted by Gasteiger charge is -2.22. The van der Waals surface area contributed by atoms with Gasteiger partial charge in [0.1, 0.15) is 0 Å². The maximum absolute atomic E-state index is 12.1. The fourth-order valence-electron chi connectivity index (χ4n) is 1.95. The Kier molecular flexibility index (Phi) is 6.84. The van der Waals surface area contributed by atoms with E-state index in [9.17, 15) is 19.5 Å². The maximum Gasteiger partial charge on any atom is 0.351 e. The molecule has 0 bridgehead atoms. The van der Waals surface area contributed by atoms with Gasteiger partial charge in [0.25, 0.3) is 12.4 Å². The van der Waals surface area contributed by atoms with Gasteiger partial charge in [-0.05, 0) is 24.3 Å². The van der Waals surface area contributed by atoms with Crippen molar-refractivity contribution in [3.8, 4) is 0 Å². The molecule has 8 nitrogen and oxygen atoms in total. The molecule has 0 aliphatic carbocycles. The third-order valence-electron chi connectivity index (χ3n) is 3.16. The van der Waals surface area contributed by atoms with Crippen molar-refractivity contribution in [2.45, 2.75) is 12.4 Å². The van der Waals surface area contributed by atoms with E-state index in [4.69, 9.17) is 14.4 Å². The van der Waals surface area contributed by atoms with Gasteiger partial charge in [0, 0.05) is 0 Å². The van der Waals surface area contributed by atoms with E-state index in [-0.39, 0.29) is 11.1 Å². The largest absolute Gasteiger partial charge is 0.478 e. The molecule has 2 rings (SSSR count). The summed E-state index contributed by atoms with van der Waals surface area (Å²) >= 11 is 0. The summed E-state index contributed by atoms with van der Waals surface area (Å²) in [7, 11) is 1.10. The monoisotopic (exact) mass is 360 g/mol. The number of aliphatic carboxylic acids is 1. The lowest BCUT2D eigenvalue weighted by Crippen LogP contribution is -2.42. The van der Waals surface area contributed by atoms with Crippen molar-refractivity contribution < 1.29 is 38.7 Å². The molecule has 136 valence electrons. The number of hydrogen-bond acceptors (Lipinski definition) is 7. The molecule has 0 spiro atoms. The summed E-state index contributed by atoms with van der Waals surface area (Å²) in [5, 5.41) is 9.35. The molecular weight excluding hydrogens is 344 g/mol. The first kappa shape index (κ1) is 19.1. The first-order chi connectivity index (χ1) is 12.5. The number of hydrogen-bond donors (Lipinski definition) is 1. The van der Waals surface area contributed by atoms with E-state index >= 15 is 0 Å². The van der Waals surface area contributed by atoms with Gasteiger partial charge in [-0.15, -0.1) is 0 Å². The molecule has 2 aromatic rings. The molecule has 0 aliphatic heterocycles. The van der Waals surface area contributed by atoms with Gasteiger partial charge in [-0.3, -0.25) is 0 Å². The molecule has 8 heteroatoms. The SMILES string of the molecule is COO[C@H](OC(=O)c1ccccc1)[C@@H](OC(=O)c1ccccc1)C(=O)O. The Bertz CT molecular complexity index is 744. The van der Waals surface area contributed by atoms with Crippen LogP contribution in [0.4, 0.5) is 0 Å². The number of rotatable bonds is 8. The lowest BCUT2D eigenvalue weighted by molar-refractivity contribution is -0.365. The predicted molar refractivity (Wildman–Crippen MR) is 87.0 cm³/mol. The molecule has 2 atom stereocenters. The molecule has 0 heterocycles. The molecule has 0 radical (unpaired) electrons.